The molecule has 1 aromatic rings. The van der Waals surface area contributed by atoms with Crippen LogP contribution in [0.15, 0.2) is 53.1 Å². The van der Waals surface area contributed by atoms with Crippen LogP contribution in [0.4, 0.5) is 0 Å². The fourth-order valence-corrected chi connectivity index (χ4v) is 3.49. The molecule has 0 unspecified atom stereocenters. The number of nitrogens with two attached hydrogens (primary N) is 1. The molecule has 4 rings (SSSR count). The van der Waals surface area contributed by atoms with Gasteiger partial charge in [0.2, 0.25) is 0 Å². The largest absolute Gasteiger partial charge is 0.492 e. The molecule has 0 radical (unpaired) electrons. The third-order valence-corrected chi connectivity index (χ3v) is 4.88. The van der Waals surface area contributed by atoms with Crippen molar-refractivity contribution in [2.24, 2.45) is 10.8 Å². The standard InChI is InChI=1S/C19H26N6O/c20-24-14-19-18(21-15-24)12-22-25(19)13-16-5-4-6-17(11-16)26-10-9-23-7-2-1-3-8-23/h4-6,11-12,14-15,22H,1-3,7-10,13,20H2. The van der Waals surface area contributed by atoms with E-state index in [2.05, 4.69) is 27.5 Å². The summed E-state index contributed by atoms with van der Waals surface area (Å²) >= 11 is 0. The highest BCUT2D eigenvalue weighted by Gasteiger charge is 2.22. The molecule has 3 heterocycles. The molecule has 3 aliphatic heterocycles. The van der Waals surface area contributed by atoms with E-state index >= 15 is 0 Å². The van der Waals surface area contributed by atoms with E-state index in [9.17, 15) is 0 Å². The number of aliphatic imine (C=N–C) groups is 1. The quantitative estimate of drug-likeness (QED) is 0.759. The molecule has 1 aromatic carbocycles. The summed E-state index contributed by atoms with van der Waals surface area (Å²) in [6.45, 7) is 4.85. The SMILES string of the molecule is NN1C=NC2=CNN(Cc3cccc(OCCN4CCCCC4)c3)C2=C1. The van der Waals surface area contributed by atoms with Crippen LogP contribution in [0.1, 0.15) is 24.8 Å². The lowest BCUT2D eigenvalue weighted by Crippen LogP contribution is -2.33. The number of rotatable bonds is 6. The molecule has 0 saturated carbocycles. The lowest BCUT2D eigenvalue weighted by Gasteiger charge is -2.26. The zero-order valence-corrected chi connectivity index (χ0v) is 15.0. The molecule has 0 atom stereocenters. The van der Waals surface area contributed by atoms with E-state index in [1.54, 1.807) is 6.34 Å². The van der Waals surface area contributed by atoms with Gasteiger partial charge in [-0.3, -0.25) is 14.9 Å². The highest BCUT2D eigenvalue weighted by Crippen LogP contribution is 2.25. The normalized spacial score (nSPS) is 19.7. The Balaban J connectivity index is 1.31. The fraction of sp³-hybridized carbons (Fsp3) is 0.421. The van der Waals surface area contributed by atoms with Crippen LogP contribution in [0.2, 0.25) is 0 Å². The van der Waals surface area contributed by atoms with Crippen LogP contribution in [0, 0.1) is 0 Å². The third kappa shape index (κ3) is 4.00. The van der Waals surface area contributed by atoms with Gasteiger partial charge in [-0.05, 0) is 43.6 Å². The molecule has 0 aromatic heterocycles. The number of likely N-dealkylation sites (tertiary alicyclic amines) is 1. The molecule has 1 fully saturated rings. The molecule has 3 N–H and O–H groups in total. The van der Waals surface area contributed by atoms with Gasteiger partial charge in [-0.2, -0.15) is 0 Å². The van der Waals surface area contributed by atoms with E-state index in [-0.39, 0.29) is 0 Å². The van der Waals surface area contributed by atoms with Crippen LogP contribution in [-0.4, -0.2) is 47.5 Å². The molecular formula is C19H26N6O. The van der Waals surface area contributed by atoms with Gasteiger partial charge in [-0.1, -0.05) is 18.6 Å². The molecule has 3 aliphatic rings. The van der Waals surface area contributed by atoms with Gasteiger partial charge >= 0.3 is 0 Å². The van der Waals surface area contributed by atoms with E-state index < -0.39 is 0 Å². The fourth-order valence-electron chi connectivity index (χ4n) is 3.49. The van der Waals surface area contributed by atoms with Crippen LogP contribution >= 0.6 is 0 Å². The van der Waals surface area contributed by atoms with Crippen molar-refractivity contribution in [3.63, 3.8) is 0 Å². The van der Waals surface area contributed by atoms with Gasteiger partial charge in [0.25, 0.3) is 0 Å². The summed E-state index contributed by atoms with van der Waals surface area (Å²) in [6.07, 6.45) is 9.33. The van der Waals surface area contributed by atoms with Crippen LogP contribution in [0.3, 0.4) is 0 Å². The van der Waals surface area contributed by atoms with E-state index in [4.69, 9.17) is 10.6 Å². The minimum Gasteiger partial charge on any atom is -0.492 e. The number of benzene rings is 1. The molecule has 26 heavy (non-hydrogen) atoms. The lowest BCUT2D eigenvalue weighted by molar-refractivity contribution is 0.183. The van der Waals surface area contributed by atoms with Crippen molar-refractivity contribution in [2.75, 3.05) is 26.2 Å². The van der Waals surface area contributed by atoms with E-state index in [1.807, 2.05) is 29.5 Å². The van der Waals surface area contributed by atoms with Gasteiger partial charge in [0.05, 0.1) is 6.54 Å². The van der Waals surface area contributed by atoms with E-state index in [0.29, 0.717) is 6.54 Å². The predicted octanol–water partition coefficient (Wildman–Crippen LogP) is 1.77. The number of hydrogen-bond donors (Lipinski definition) is 2. The Hall–Kier alpha value is -2.51. The maximum absolute atomic E-state index is 5.98. The Morgan fingerprint density at radius 3 is 2.96 bits per heavy atom. The number of hydrazine groups is 2. The molecule has 7 heteroatoms. The van der Waals surface area contributed by atoms with Crippen molar-refractivity contribution in [1.29, 1.82) is 0 Å². The number of hydrogen-bond acceptors (Lipinski definition) is 7. The second-order valence-corrected chi connectivity index (χ2v) is 6.85. The monoisotopic (exact) mass is 354 g/mol. The maximum atomic E-state index is 5.98. The maximum Gasteiger partial charge on any atom is 0.119 e. The van der Waals surface area contributed by atoms with Gasteiger partial charge in [0.15, 0.2) is 0 Å². The van der Waals surface area contributed by atoms with Gasteiger partial charge in [-0.25, -0.2) is 10.8 Å². The number of nitrogens with one attached hydrogen (secondary N) is 1. The zero-order valence-electron chi connectivity index (χ0n) is 15.0. The van der Waals surface area contributed by atoms with Gasteiger partial charge in [0.1, 0.15) is 30.1 Å². The first-order chi connectivity index (χ1) is 12.8. The average molecular weight is 354 g/mol. The zero-order chi connectivity index (χ0) is 17.8. The molecule has 0 bridgehead atoms. The molecule has 1 saturated heterocycles. The Kier molecular flexibility index (Phi) is 5.08. The topological polar surface area (TPSA) is 69.4 Å². The Morgan fingerprint density at radius 1 is 1.19 bits per heavy atom. The molecular weight excluding hydrogens is 328 g/mol. The Labute approximate surface area is 154 Å². The summed E-state index contributed by atoms with van der Waals surface area (Å²) in [5.74, 6) is 6.71. The summed E-state index contributed by atoms with van der Waals surface area (Å²) in [7, 11) is 0. The smallest absolute Gasteiger partial charge is 0.119 e. The highest BCUT2D eigenvalue weighted by molar-refractivity contribution is 5.62. The molecule has 0 spiro atoms. The third-order valence-electron chi connectivity index (χ3n) is 4.88. The summed E-state index contributed by atoms with van der Waals surface area (Å²) in [6, 6.07) is 8.26. The van der Waals surface area contributed by atoms with Gasteiger partial charge in [0, 0.05) is 18.9 Å². The first kappa shape index (κ1) is 16.9. The predicted molar refractivity (Wildman–Crippen MR) is 102 cm³/mol. The summed E-state index contributed by atoms with van der Waals surface area (Å²) in [5, 5.41) is 3.49. The van der Waals surface area contributed by atoms with Crippen molar-refractivity contribution >= 4 is 6.34 Å². The van der Waals surface area contributed by atoms with E-state index in [1.165, 1.54) is 42.9 Å². The summed E-state index contributed by atoms with van der Waals surface area (Å²) in [4.78, 5) is 6.79. The van der Waals surface area contributed by atoms with Gasteiger partial charge in [-0.15, -0.1) is 0 Å². The number of fused-ring (bicyclic) bond motifs is 1. The van der Waals surface area contributed by atoms with Crippen molar-refractivity contribution in [3.8, 4) is 5.75 Å². The second kappa shape index (κ2) is 7.80. The first-order valence-electron chi connectivity index (χ1n) is 9.25. The van der Waals surface area contributed by atoms with Gasteiger partial charge < -0.3 is 10.2 Å². The molecule has 7 nitrogen and oxygen atoms in total. The van der Waals surface area contributed by atoms with Crippen LogP contribution in [0.5, 0.6) is 5.75 Å². The number of piperidine rings is 1. The lowest BCUT2D eigenvalue weighted by atomic mass is 10.1. The van der Waals surface area contributed by atoms with Crippen molar-refractivity contribution in [1.82, 2.24) is 20.3 Å². The van der Waals surface area contributed by atoms with Crippen LogP contribution < -0.4 is 16.0 Å². The van der Waals surface area contributed by atoms with Crippen LogP contribution in [0.25, 0.3) is 0 Å². The summed E-state index contributed by atoms with van der Waals surface area (Å²) < 4.78 is 5.98. The minimum absolute atomic E-state index is 0.707. The number of ether oxygens (including phenoxy) is 1. The Bertz CT molecular complexity index is 722. The molecule has 0 amide bonds. The second-order valence-electron chi connectivity index (χ2n) is 6.85. The van der Waals surface area contributed by atoms with Crippen molar-refractivity contribution in [2.45, 2.75) is 25.8 Å². The molecule has 0 aliphatic carbocycles. The number of nitrogens with zero attached hydrogens (tertiary/aromatic N) is 4. The minimum atomic E-state index is 0.707. The van der Waals surface area contributed by atoms with Crippen LogP contribution in [-0.2, 0) is 6.54 Å². The van der Waals surface area contributed by atoms with E-state index in [0.717, 1.165) is 30.3 Å². The summed E-state index contributed by atoms with van der Waals surface area (Å²) in [5.41, 5.74) is 6.25. The van der Waals surface area contributed by atoms with Crippen molar-refractivity contribution in [3.05, 3.63) is 53.6 Å². The Morgan fingerprint density at radius 2 is 2.08 bits per heavy atom. The molecule has 138 valence electrons. The first-order valence-corrected chi connectivity index (χ1v) is 9.25. The van der Waals surface area contributed by atoms with Crippen molar-refractivity contribution < 1.29 is 4.74 Å². The average Bonchev–Trinajstić information content (AvgIpc) is 3.05. The highest BCUT2D eigenvalue weighted by atomic mass is 16.5.